The van der Waals surface area contributed by atoms with E-state index in [1.807, 2.05) is 0 Å². The zero-order valence-electron chi connectivity index (χ0n) is 6.17. The van der Waals surface area contributed by atoms with Gasteiger partial charge in [-0.25, -0.2) is 4.39 Å². The Morgan fingerprint density at radius 2 is 1.75 bits per heavy atom. The summed E-state index contributed by atoms with van der Waals surface area (Å²) in [5.41, 5.74) is 0. The number of aliphatic hydroxyl groups excluding tert-OH is 4. The Bertz CT molecular complexity index is 150. The van der Waals surface area contributed by atoms with Crippen LogP contribution in [0.15, 0.2) is 0 Å². The van der Waals surface area contributed by atoms with Crippen LogP contribution >= 0.6 is 0 Å². The lowest BCUT2D eigenvalue weighted by atomic mass is 10.0. The average Bonchev–Trinajstić information content (AvgIpc) is 2.08. The van der Waals surface area contributed by atoms with Crippen LogP contribution in [0.1, 0.15) is 0 Å². The number of hydrogen-bond donors (Lipinski definition) is 4. The van der Waals surface area contributed by atoms with Crippen LogP contribution in [0.2, 0.25) is 0 Å². The Balaban J connectivity index is 2.63. The van der Waals surface area contributed by atoms with Crippen molar-refractivity contribution in [3.05, 3.63) is 0 Å². The summed E-state index contributed by atoms with van der Waals surface area (Å²) in [5, 5.41) is 35.2. The van der Waals surface area contributed by atoms with Crippen molar-refractivity contribution in [1.82, 2.24) is 0 Å². The Morgan fingerprint density at radius 3 is 2.25 bits per heavy atom. The number of ether oxygens (including phenoxy) is 1. The number of halogens is 1. The van der Waals surface area contributed by atoms with Crippen LogP contribution < -0.4 is 0 Å². The van der Waals surface area contributed by atoms with Crippen molar-refractivity contribution in [2.75, 3.05) is 6.61 Å². The monoisotopic (exact) mass is 182 g/mol. The molecule has 0 aliphatic carbocycles. The average molecular weight is 182 g/mol. The van der Waals surface area contributed by atoms with E-state index >= 15 is 0 Å². The number of rotatable bonds is 1. The van der Waals surface area contributed by atoms with Crippen LogP contribution in [0.4, 0.5) is 4.39 Å². The molecule has 1 saturated heterocycles. The van der Waals surface area contributed by atoms with Gasteiger partial charge in [0.15, 0.2) is 12.5 Å². The SMILES string of the molecule is OC[C@H]1O[C@@H](O)[C@@H](O)[C@@H](F)[C@H]1O. The predicted molar refractivity (Wildman–Crippen MR) is 34.9 cm³/mol. The molecule has 0 spiro atoms. The van der Waals surface area contributed by atoms with Gasteiger partial charge in [0, 0.05) is 0 Å². The highest BCUT2D eigenvalue weighted by molar-refractivity contribution is 4.88. The molecule has 12 heavy (non-hydrogen) atoms. The maximum Gasteiger partial charge on any atom is 0.184 e. The molecule has 0 bridgehead atoms. The summed E-state index contributed by atoms with van der Waals surface area (Å²) in [6.45, 7) is -0.606. The van der Waals surface area contributed by atoms with Crippen LogP contribution in [0.5, 0.6) is 0 Å². The van der Waals surface area contributed by atoms with Gasteiger partial charge in [0.2, 0.25) is 0 Å². The Hall–Kier alpha value is -0.270. The van der Waals surface area contributed by atoms with Gasteiger partial charge in [0.05, 0.1) is 6.61 Å². The van der Waals surface area contributed by atoms with Crippen LogP contribution in [0.3, 0.4) is 0 Å². The maximum atomic E-state index is 12.8. The number of aliphatic hydroxyl groups is 4. The molecule has 72 valence electrons. The Labute approximate surface area is 68.0 Å². The lowest BCUT2D eigenvalue weighted by molar-refractivity contribution is -0.274. The summed E-state index contributed by atoms with van der Waals surface area (Å²) in [4.78, 5) is 0. The van der Waals surface area contributed by atoms with E-state index in [1.54, 1.807) is 0 Å². The van der Waals surface area contributed by atoms with Crippen molar-refractivity contribution < 1.29 is 29.6 Å². The van der Waals surface area contributed by atoms with E-state index in [0.29, 0.717) is 0 Å². The van der Waals surface area contributed by atoms with E-state index in [1.165, 1.54) is 0 Å². The van der Waals surface area contributed by atoms with Gasteiger partial charge in [-0.3, -0.25) is 0 Å². The standard InChI is InChI=1S/C6H11FO5/c7-3-4(9)2(1-8)12-6(11)5(3)10/h2-6,8-11H,1H2/t2-,3+,4+,5+,6-/m1/s1. The van der Waals surface area contributed by atoms with Gasteiger partial charge in [0.25, 0.3) is 0 Å². The lowest BCUT2D eigenvalue weighted by Crippen LogP contribution is -2.56. The first-order chi connectivity index (χ1) is 5.57. The Kier molecular flexibility index (Phi) is 2.97. The molecular weight excluding hydrogens is 171 g/mol. The van der Waals surface area contributed by atoms with Crippen molar-refractivity contribution >= 4 is 0 Å². The molecule has 1 aliphatic rings. The van der Waals surface area contributed by atoms with Gasteiger partial charge in [-0.15, -0.1) is 0 Å². The zero-order chi connectivity index (χ0) is 9.30. The third-order valence-electron chi connectivity index (χ3n) is 1.82. The molecule has 5 atom stereocenters. The first-order valence-corrected chi connectivity index (χ1v) is 3.52. The predicted octanol–water partition coefficient (Wildman–Crippen LogP) is -2.24. The summed E-state index contributed by atoms with van der Waals surface area (Å²) < 4.78 is 17.3. The minimum Gasteiger partial charge on any atom is -0.394 e. The molecular formula is C6H11FO5. The second-order valence-electron chi connectivity index (χ2n) is 2.67. The topological polar surface area (TPSA) is 90.2 Å². The van der Waals surface area contributed by atoms with Crippen molar-refractivity contribution in [3.8, 4) is 0 Å². The smallest absolute Gasteiger partial charge is 0.184 e. The molecule has 5 nitrogen and oxygen atoms in total. The Morgan fingerprint density at radius 1 is 1.17 bits per heavy atom. The van der Waals surface area contributed by atoms with Crippen LogP contribution in [-0.4, -0.2) is 57.8 Å². The fourth-order valence-corrected chi connectivity index (χ4v) is 1.06. The summed E-state index contributed by atoms with van der Waals surface area (Å²) in [5.74, 6) is 0. The highest BCUT2D eigenvalue weighted by Gasteiger charge is 2.43. The molecule has 6 heteroatoms. The maximum absolute atomic E-state index is 12.8. The lowest BCUT2D eigenvalue weighted by Gasteiger charge is -2.36. The van der Waals surface area contributed by atoms with E-state index in [4.69, 9.17) is 20.4 Å². The number of alkyl halides is 1. The summed E-state index contributed by atoms with van der Waals surface area (Å²) in [7, 11) is 0. The molecule has 4 N–H and O–H groups in total. The van der Waals surface area contributed by atoms with E-state index in [0.717, 1.165) is 0 Å². The molecule has 0 unspecified atom stereocenters. The van der Waals surface area contributed by atoms with Gasteiger partial charge < -0.3 is 25.2 Å². The molecule has 1 rings (SSSR count). The molecule has 0 radical (unpaired) electrons. The quantitative estimate of drug-likeness (QED) is 0.368. The van der Waals surface area contributed by atoms with Crippen molar-refractivity contribution in [2.24, 2.45) is 0 Å². The molecule has 0 aromatic heterocycles. The van der Waals surface area contributed by atoms with Crippen molar-refractivity contribution in [1.29, 1.82) is 0 Å². The van der Waals surface area contributed by atoms with Gasteiger partial charge in [0.1, 0.15) is 18.3 Å². The fraction of sp³-hybridized carbons (Fsp3) is 1.00. The van der Waals surface area contributed by atoms with Crippen molar-refractivity contribution in [2.45, 2.75) is 30.8 Å². The van der Waals surface area contributed by atoms with Crippen LogP contribution in [0, 0.1) is 0 Å². The third kappa shape index (κ3) is 1.57. The third-order valence-corrected chi connectivity index (χ3v) is 1.82. The highest BCUT2D eigenvalue weighted by atomic mass is 19.1. The van der Waals surface area contributed by atoms with Crippen LogP contribution in [0.25, 0.3) is 0 Å². The van der Waals surface area contributed by atoms with Crippen LogP contribution in [-0.2, 0) is 4.74 Å². The van der Waals surface area contributed by atoms with E-state index in [2.05, 4.69) is 4.74 Å². The molecule has 0 saturated carbocycles. The number of hydrogen-bond acceptors (Lipinski definition) is 5. The summed E-state index contributed by atoms with van der Waals surface area (Å²) in [6.07, 6.45) is -8.24. The van der Waals surface area contributed by atoms with E-state index in [-0.39, 0.29) is 0 Å². The molecule has 1 fully saturated rings. The van der Waals surface area contributed by atoms with Crippen molar-refractivity contribution in [3.63, 3.8) is 0 Å². The molecule has 1 aliphatic heterocycles. The molecule has 0 aromatic rings. The molecule has 1 heterocycles. The normalized spacial score (nSPS) is 49.2. The second-order valence-corrected chi connectivity index (χ2v) is 2.67. The highest BCUT2D eigenvalue weighted by Crippen LogP contribution is 2.21. The minimum absolute atomic E-state index is 0.606. The summed E-state index contributed by atoms with van der Waals surface area (Å²) in [6, 6.07) is 0. The molecule has 0 aromatic carbocycles. The van der Waals surface area contributed by atoms with Gasteiger partial charge >= 0.3 is 0 Å². The molecule has 0 amide bonds. The second kappa shape index (κ2) is 3.63. The van der Waals surface area contributed by atoms with Gasteiger partial charge in [-0.1, -0.05) is 0 Å². The first-order valence-electron chi connectivity index (χ1n) is 3.52. The first kappa shape index (κ1) is 9.82. The zero-order valence-corrected chi connectivity index (χ0v) is 6.17. The van der Waals surface area contributed by atoms with E-state index < -0.39 is 37.4 Å². The minimum atomic E-state index is -1.99. The van der Waals surface area contributed by atoms with Gasteiger partial charge in [-0.05, 0) is 0 Å². The van der Waals surface area contributed by atoms with Gasteiger partial charge in [-0.2, -0.15) is 0 Å². The summed E-state index contributed by atoms with van der Waals surface area (Å²) >= 11 is 0. The van der Waals surface area contributed by atoms with E-state index in [9.17, 15) is 4.39 Å². The fourth-order valence-electron chi connectivity index (χ4n) is 1.06. The largest absolute Gasteiger partial charge is 0.394 e.